The minimum absolute atomic E-state index is 0.0832. The monoisotopic (exact) mass is 253 g/mol. The molecular weight excluding hydrogens is 226 g/mol. The molecule has 1 aliphatic heterocycles. The van der Waals surface area contributed by atoms with Crippen molar-refractivity contribution in [2.24, 2.45) is 0 Å². The second kappa shape index (κ2) is 6.00. The fraction of sp³-hybridized carbons (Fsp3) is 0.733. The minimum atomic E-state index is -0.350. The molecule has 0 N–H and O–H groups in total. The molecule has 0 saturated carbocycles. The Hall–Kier alpha value is -0.640. The first kappa shape index (κ1) is 15.4. The summed E-state index contributed by atoms with van der Waals surface area (Å²) in [7, 11) is 2.14. The van der Waals surface area contributed by atoms with Gasteiger partial charge >= 0.3 is 0 Å². The van der Waals surface area contributed by atoms with Crippen molar-refractivity contribution in [3.8, 4) is 0 Å². The maximum absolute atomic E-state index is 6.10. The van der Waals surface area contributed by atoms with Crippen LogP contribution in [0, 0.1) is 0 Å². The molecule has 0 spiro atoms. The molecule has 0 aromatic rings. The Kier molecular flexibility index (Phi) is 5.14. The summed E-state index contributed by atoms with van der Waals surface area (Å²) in [6, 6.07) is 0. The van der Waals surface area contributed by atoms with Gasteiger partial charge in [0.25, 0.3) is 0 Å². The lowest BCUT2D eigenvalue weighted by atomic mass is 9.74. The van der Waals surface area contributed by atoms with E-state index in [1.54, 1.807) is 12.2 Å². The molecule has 1 aliphatic rings. The van der Waals surface area contributed by atoms with Crippen LogP contribution in [-0.4, -0.2) is 49.0 Å². The van der Waals surface area contributed by atoms with Crippen molar-refractivity contribution in [2.45, 2.75) is 44.4 Å². The van der Waals surface area contributed by atoms with E-state index in [-0.39, 0.29) is 17.2 Å². The fourth-order valence-corrected chi connectivity index (χ4v) is 2.57. The van der Waals surface area contributed by atoms with E-state index in [1.165, 1.54) is 0 Å². The molecule has 2 atom stereocenters. The van der Waals surface area contributed by atoms with Crippen LogP contribution in [0.2, 0.25) is 0 Å². The van der Waals surface area contributed by atoms with Gasteiger partial charge in [-0.05, 0) is 34.2 Å². The van der Waals surface area contributed by atoms with Crippen molar-refractivity contribution in [1.82, 2.24) is 4.90 Å². The van der Waals surface area contributed by atoms with Gasteiger partial charge in [-0.15, -0.1) is 13.2 Å². The van der Waals surface area contributed by atoms with E-state index < -0.39 is 0 Å². The zero-order chi connectivity index (χ0) is 13.8. The molecule has 0 amide bonds. The SMILES string of the molecule is C=CCOC1CCN(C)C(C)(C)C1(C)OCC=C. The first-order valence-electron chi connectivity index (χ1n) is 6.58. The maximum Gasteiger partial charge on any atom is 0.110 e. The lowest BCUT2D eigenvalue weighted by Crippen LogP contribution is -2.69. The van der Waals surface area contributed by atoms with Gasteiger partial charge in [-0.2, -0.15) is 0 Å². The number of hydrogen-bond acceptors (Lipinski definition) is 3. The Balaban J connectivity index is 2.94. The number of piperidine rings is 1. The van der Waals surface area contributed by atoms with E-state index >= 15 is 0 Å². The highest BCUT2D eigenvalue weighted by Crippen LogP contribution is 2.40. The number of likely N-dealkylation sites (tertiary alicyclic amines) is 1. The van der Waals surface area contributed by atoms with Crippen molar-refractivity contribution in [3.05, 3.63) is 25.3 Å². The molecule has 1 rings (SSSR count). The third-order valence-electron chi connectivity index (χ3n) is 4.43. The normalized spacial score (nSPS) is 32.1. The van der Waals surface area contributed by atoms with Gasteiger partial charge in [-0.25, -0.2) is 0 Å². The lowest BCUT2D eigenvalue weighted by Gasteiger charge is -2.56. The molecular formula is C15H27NO2. The molecule has 3 nitrogen and oxygen atoms in total. The summed E-state index contributed by atoms with van der Waals surface area (Å²) in [6.07, 6.45) is 4.64. The van der Waals surface area contributed by atoms with Crippen molar-refractivity contribution in [3.63, 3.8) is 0 Å². The second-order valence-corrected chi connectivity index (χ2v) is 5.59. The van der Waals surface area contributed by atoms with E-state index in [4.69, 9.17) is 9.47 Å². The van der Waals surface area contributed by atoms with Gasteiger partial charge in [0, 0.05) is 12.1 Å². The number of nitrogens with zero attached hydrogens (tertiary/aromatic N) is 1. The zero-order valence-electron chi connectivity index (χ0n) is 12.2. The van der Waals surface area contributed by atoms with Gasteiger partial charge in [0.05, 0.1) is 19.3 Å². The largest absolute Gasteiger partial charge is 0.371 e. The Labute approximate surface area is 111 Å². The van der Waals surface area contributed by atoms with E-state index in [1.807, 2.05) is 0 Å². The van der Waals surface area contributed by atoms with Gasteiger partial charge in [0.1, 0.15) is 5.60 Å². The molecule has 3 heteroatoms. The average molecular weight is 253 g/mol. The van der Waals surface area contributed by atoms with E-state index in [9.17, 15) is 0 Å². The summed E-state index contributed by atoms with van der Waals surface area (Å²) in [5.41, 5.74) is -0.433. The molecule has 104 valence electrons. The van der Waals surface area contributed by atoms with Crippen LogP contribution in [0.25, 0.3) is 0 Å². The standard InChI is InChI=1S/C15H27NO2/c1-7-11-17-13-9-10-16(6)14(3,4)15(13,5)18-12-8-2/h7-8,13H,1-2,9-12H2,3-6H3. The molecule has 2 unspecified atom stereocenters. The van der Waals surface area contributed by atoms with Crippen LogP contribution in [0.5, 0.6) is 0 Å². The quantitative estimate of drug-likeness (QED) is 0.679. The third-order valence-corrected chi connectivity index (χ3v) is 4.43. The maximum atomic E-state index is 6.10. The topological polar surface area (TPSA) is 21.7 Å². The molecule has 0 aromatic carbocycles. The molecule has 18 heavy (non-hydrogen) atoms. The molecule has 0 aromatic heterocycles. The Morgan fingerprint density at radius 3 is 2.39 bits per heavy atom. The smallest absolute Gasteiger partial charge is 0.110 e. The summed E-state index contributed by atoms with van der Waals surface area (Å²) in [6.45, 7) is 16.1. The van der Waals surface area contributed by atoms with Gasteiger partial charge in [-0.1, -0.05) is 12.2 Å². The number of ether oxygens (including phenoxy) is 2. The van der Waals surface area contributed by atoms with Crippen LogP contribution in [-0.2, 0) is 9.47 Å². The predicted octanol–water partition coefficient (Wildman–Crippen LogP) is 2.63. The van der Waals surface area contributed by atoms with E-state index in [0.29, 0.717) is 13.2 Å². The number of rotatable bonds is 6. The summed E-state index contributed by atoms with van der Waals surface area (Å²) < 4.78 is 12.0. The molecule has 1 fully saturated rings. The summed E-state index contributed by atoms with van der Waals surface area (Å²) in [5, 5.41) is 0. The predicted molar refractivity (Wildman–Crippen MR) is 75.8 cm³/mol. The van der Waals surface area contributed by atoms with Gasteiger partial charge in [0.15, 0.2) is 0 Å². The Morgan fingerprint density at radius 2 is 1.83 bits per heavy atom. The van der Waals surface area contributed by atoms with E-state index in [0.717, 1.165) is 13.0 Å². The summed E-state index contributed by atoms with van der Waals surface area (Å²) in [4.78, 5) is 2.34. The van der Waals surface area contributed by atoms with Gasteiger partial charge in [0.2, 0.25) is 0 Å². The van der Waals surface area contributed by atoms with Crippen molar-refractivity contribution < 1.29 is 9.47 Å². The summed E-state index contributed by atoms with van der Waals surface area (Å²) >= 11 is 0. The molecule has 1 saturated heterocycles. The van der Waals surface area contributed by atoms with Crippen LogP contribution in [0.1, 0.15) is 27.2 Å². The van der Waals surface area contributed by atoms with Crippen LogP contribution in [0.15, 0.2) is 25.3 Å². The van der Waals surface area contributed by atoms with Gasteiger partial charge in [-0.3, -0.25) is 4.90 Å². The third kappa shape index (κ3) is 2.68. The van der Waals surface area contributed by atoms with Crippen molar-refractivity contribution >= 4 is 0 Å². The Morgan fingerprint density at radius 1 is 1.22 bits per heavy atom. The summed E-state index contributed by atoms with van der Waals surface area (Å²) in [5.74, 6) is 0. The average Bonchev–Trinajstić information content (AvgIpc) is 2.33. The van der Waals surface area contributed by atoms with Crippen LogP contribution < -0.4 is 0 Å². The first-order valence-corrected chi connectivity index (χ1v) is 6.58. The highest BCUT2D eigenvalue weighted by molar-refractivity contribution is 5.08. The lowest BCUT2D eigenvalue weighted by molar-refractivity contribution is -0.212. The minimum Gasteiger partial charge on any atom is -0.371 e. The number of hydrogen-bond donors (Lipinski definition) is 0. The number of likely N-dealkylation sites (N-methyl/N-ethyl adjacent to an activating group) is 1. The van der Waals surface area contributed by atoms with Crippen LogP contribution in [0.3, 0.4) is 0 Å². The molecule has 0 bridgehead atoms. The first-order chi connectivity index (χ1) is 8.40. The van der Waals surface area contributed by atoms with E-state index in [2.05, 4.69) is 45.9 Å². The second-order valence-electron chi connectivity index (χ2n) is 5.59. The zero-order valence-corrected chi connectivity index (χ0v) is 12.2. The van der Waals surface area contributed by atoms with Crippen LogP contribution >= 0.6 is 0 Å². The van der Waals surface area contributed by atoms with Crippen LogP contribution in [0.4, 0.5) is 0 Å². The van der Waals surface area contributed by atoms with Crippen molar-refractivity contribution in [1.29, 1.82) is 0 Å². The molecule has 1 heterocycles. The molecule has 0 radical (unpaired) electrons. The van der Waals surface area contributed by atoms with Gasteiger partial charge < -0.3 is 9.47 Å². The molecule has 0 aliphatic carbocycles. The van der Waals surface area contributed by atoms with Crippen molar-refractivity contribution in [2.75, 3.05) is 26.8 Å². The Bertz CT molecular complexity index is 301. The highest BCUT2D eigenvalue weighted by Gasteiger charge is 2.53. The fourth-order valence-electron chi connectivity index (χ4n) is 2.57. The highest BCUT2D eigenvalue weighted by atomic mass is 16.6.